The maximum Gasteiger partial charge on any atom is 0.253 e. The molecule has 0 atom stereocenters. The molecule has 0 spiro atoms. The highest BCUT2D eigenvalue weighted by Gasteiger charge is 2.32. The van der Waals surface area contributed by atoms with Gasteiger partial charge >= 0.3 is 0 Å². The van der Waals surface area contributed by atoms with Gasteiger partial charge in [-0.2, -0.15) is 0 Å². The van der Waals surface area contributed by atoms with Gasteiger partial charge in [0.05, 0.1) is 24.5 Å². The van der Waals surface area contributed by atoms with E-state index in [4.69, 9.17) is 9.72 Å². The quantitative estimate of drug-likeness (QED) is 0.855. The van der Waals surface area contributed by atoms with Crippen LogP contribution in [0.15, 0.2) is 24.3 Å². The monoisotopic (exact) mass is 387 g/mol. The van der Waals surface area contributed by atoms with Crippen LogP contribution in [0, 0.1) is 18.6 Å². The highest BCUT2D eigenvalue weighted by Crippen LogP contribution is 2.42. The van der Waals surface area contributed by atoms with Crippen LogP contribution in [0.2, 0.25) is 0 Å². The maximum atomic E-state index is 13.4. The Kier molecular flexibility index (Phi) is 5.26. The van der Waals surface area contributed by atoms with E-state index in [2.05, 4.69) is 10.2 Å². The number of hydrogen-bond acceptors (Lipinski definition) is 4. The second-order valence-electron chi connectivity index (χ2n) is 7.36. The molecule has 1 N–H and O–H groups in total. The normalized spacial score (nSPS) is 16.9. The molecule has 0 bridgehead atoms. The molecule has 1 saturated heterocycles. The van der Waals surface area contributed by atoms with Crippen LogP contribution in [0.1, 0.15) is 45.9 Å². The molecule has 2 fully saturated rings. The van der Waals surface area contributed by atoms with Crippen molar-refractivity contribution in [1.29, 1.82) is 0 Å². The SMILES string of the molecule is Cc1cc(N2CCOCC2)nc(C2CC2)c1C(=O)NCc1ccc(F)c(F)c1. The van der Waals surface area contributed by atoms with Crippen molar-refractivity contribution in [3.8, 4) is 0 Å². The molecule has 1 aromatic carbocycles. The molecular formula is C21H23F2N3O2. The van der Waals surface area contributed by atoms with Crippen LogP contribution in [0.3, 0.4) is 0 Å². The van der Waals surface area contributed by atoms with Crippen molar-refractivity contribution in [2.75, 3.05) is 31.2 Å². The molecule has 1 amide bonds. The molecule has 1 aliphatic carbocycles. The third kappa shape index (κ3) is 3.99. The summed E-state index contributed by atoms with van der Waals surface area (Å²) >= 11 is 0. The van der Waals surface area contributed by atoms with Gasteiger partial charge in [-0.15, -0.1) is 0 Å². The Bertz CT molecular complexity index is 893. The minimum atomic E-state index is -0.918. The summed E-state index contributed by atoms with van der Waals surface area (Å²) < 4.78 is 31.9. The van der Waals surface area contributed by atoms with E-state index >= 15 is 0 Å². The molecule has 1 aromatic heterocycles. The van der Waals surface area contributed by atoms with Crippen LogP contribution in [0.5, 0.6) is 0 Å². The highest BCUT2D eigenvalue weighted by atomic mass is 19.2. The molecule has 148 valence electrons. The van der Waals surface area contributed by atoms with Gasteiger partial charge in [0.2, 0.25) is 0 Å². The minimum absolute atomic E-state index is 0.130. The van der Waals surface area contributed by atoms with E-state index in [1.165, 1.54) is 6.07 Å². The number of pyridine rings is 1. The van der Waals surface area contributed by atoms with Crippen molar-refractivity contribution in [3.05, 3.63) is 58.3 Å². The first kappa shape index (κ1) is 18.8. The molecule has 28 heavy (non-hydrogen) atoms. The van der Waals surface area contributed by atoms with Crippen LogP contribution >= 0.6 is 0 Å². The van der Waals surface area contributed by atoms with Gasteiger partial charge in [0.25, 0.3) is 5.91 Å². The van der Waals surface area contributed by atoms with E-state index in [1.807, 2.05) is 13.0 Å². The zero-order valence-electron chi connectivity index (χ0n) is 15.8. The number of rotatable bonds is 5. The van der Waals surface area contributed by atoms with Crippen LogP contribution in [-0.2, 0) is 11.3 Å². The van der Waals surface area contributed by atoms with E-state index in [0.29, 0.717) is 30.3 Å². The summed E-state index contributed by atoms with van der Waals surface area (Å²) in [6.45, 7) is 4.98. The Hall–Kier alpha value is -2.54. The summed E-state index contributed by atoms with van der Waals surface area (Å²) in [5.74, 6) is -0.850. The third-order valence-corrected chi connectivity index (χ3v) is 5.19. The predicted molar refractivity (Wildman–Crippen MR) is 102 cm³/mol. The van der Waals surface area contributed by atoms with Gasteiger partial charge in [0.15, 0.2) is 11.6 Å². The lowest BCUT2D eigenvalue weighted by atomic mass is 10.0. The fraction of sp³-hybridized carbons (Fsp3) is 0.429. The highest BCUT2D eigenvalue weighted by molar-refractivity contribution is 5.97. The van der Waals surface area contributed by atoms with Gasteiger partial charge in [-0.25, -0.2) is 13.8 Å². The number of nitrogens with one attached hydrogen (secondary N) is 1. The van der Waals surface area contributed by atoms with Crippen molar-refractivity contribution in [2.45, 2.75) is 32.2 Å². The molecule has 2 aromatic rings. The summed E-state index contributed by atoms with van der Waals surface area (Å²) in [6, 6.07) is 5.58. The standard InChI is InChI=1S/C21H23F2N3O2/c1-13-10-18(26-6-8-28-9-7-26)25-20(15-3-4-15)19(13)21(27)24-12-14-2-5-16(22)17(23)11-14/h2,5,10-11,15H,3-4,6-9,12H2,1H3,(H,24,27). The number of amides is 1. The number of ether oxygens (including phenoxy) is 1. The number of anilines is 1. The lowest BCUT2D eigenvalue weighted by Crippen LogP contribution is -2.37. The number of aromatic nitrogens is 1. The molecule has 4 rings (SSSR count). The van der Waals surface area contributed by atoms with E-state index in [-0.39, 0.29) is 12.5 Å². The predicted octanol–water partition coefficient (Wildman–Crippen LogP) is 3.31. The van der Waals surface area contributed by atoms with Crippen LogP contribution in [0.25, 0.3) is 0 Å². The first-order valence-electron chi connectivity index (χ1n) is 9.59. The molecule has 0 unspecified atom stereocenters. The minimum Gasteiger partial charge on any atom is -0.378 e. The van der Waals surface area contributed by atoms with E-state index in [9.17, 15) is 13.6 Å². The van der Waals surface area contributed by atoms with Crippen LogP contribution in [0.4, 0.5) is 14.6 Å². The molecule has 0 radical (unpaired) electrons. The summed E-state index contributed by atoms with van der Waals surface area (Å²) in [6.07, 6.45) is 2.06. The lowest BCUT2D eigenvalue weighted by molar-refractivity contribution is 0.0948. The average molecular weight is 387 g/mol. The number of carbonyl (C=O) groups is 1. The van der Waals surface area contributed by atoms with Gasteiger partial charge in [-0.1, -0.05) is 6.07 Å². The molecule has 7 heteroatoms. The number of aryl methyl sites for hydroxylation is 1. The lowest BCUT2D eigenvalue weighted by Gasteiger charge is -2.29. The Morgan fingerprint density at radius 2 is 1.96 bits per heavy atom. The van der Waals surface area contributed by atoms with Crippen molar-refractivity contribution >= 4 is 11.7 Å². The molecule has 2 heterocycles. The van der Waals surface area contributed by atoms with Gasteiger partial charge in [0.1, 0.15) is 5.82 Å². The van der Waals surface area contributed by atoms with Gasteiger partial charge in [-0.3, -0.25) is 4.79 Å². The van der Waals surface area contributed by atoms with Crippen molar-refractivity contribution in [3.63, 3.8) is 0 Å². The van der Waals surface area contributed by atoms with E-state index in [1.54, 1.807) is 0 Å². The molecule has 1 saturated carbocycles. The van der Waals surface area contributed by atoms with Gasteiger partial charge in [-0.05, 0) is 49.1 Å². The topological polar surface area (TPSA) is 54.5 Å². The first-order valence-corrected chi connectivity index (χ1v) is 9.59. The summed E-state index contributed by atoms with van der Waals surface area (Å²) in [4.78, 5) is 19.9. The Morgan fingerprint density at radius 1 is 1.21 bits per heavy atom. The van der Waals surface area contributed by atoms with Crippen molar-refractivity contribution in [1.82, 2.24) is 10.3 Å². The zero-order valence-corrected chi connectivity index (χ0v) is 15.8. The van der Waals surface area contributed by atoms with Gasteiger partial charge < -0.3 is 15.0 Å². The molecule has 5 nitrogen and oxygen atoms in total. The summed E-state index contributed by atoms with van der Waals surface area (Å²) in [7, 11) is 0. The second-order valence-corrected chi connectivity index (χ2v) is 7.36. The Labute approximate surface area is 162 Å². The number of hydrogen-bond donors (Lipinski definition) is 1. The average Bonchev–Trinajstić information content (AvgIpc) is 3.54. The molecular weight excluding hydrogens is 364 g/mol. The van der Waals surface area contributed by atoms with E-state index in [0.717, 1.165) is 55.1 Å². The number of morpholine rings is 1. The van der Waals surface area contributed by atoms with Crippen molar-refractivity contribution < 1.29 is 18.3 Å². The first-order chi connectivity index (χ1) is 13.5. The fourth-order valence-corrected chi connectivity index (χ4v) is 3.50. The Balaban J connectivity index is 1.55. The van der Waals surface area contributed by atoms with Gasteiger partial charge in [0, 0.05) is 25.6 Å². The number of nitrogens with zero attached hydrogens (tertiary/aromatic N) is 2. The summed E-state index contributed by atoms with van der Waals surface area (Å²) in [5, 5.41) is 2.82. The number of halogens is 2. The smallest absolute Gasteiger partial charge is 0.253 e. The molecule has 1 aliphatic heterocycles. The number of benzene rings is 1. The van der Waals surface area contributed by atoms with Crippen LogP contribution in [-0.4, -0.2) is 37.2 Å². The third-order valence-electron chi connectivity index (χ3n) is 5.19. The zero-order chi connectivity index (χ0) is 19.7. The molecule has 2 aliphatic rings. The maximum absolute atomic E-state index is 13.4. The second kappa shape index (κ2) is 7.83. The summed E-state index contributed by atoms with van der Waals surface area (Å²) in [5.41, 5.74) is 2.82. The number of carbonyl (C=O) groups excluding carboxylic acids is 1. The fourth-order valence-electron chi connectivity index (χ4n) is 3.50. The van der Waals surface area contributed by atoms with E-state index < -0.39 is 11.6 Å². The Morgan fingerprint density at radius 3 is 2.64 bits per heavy atom. The van der Waals surface area contributed by atoms with Crippen molar-refractivity contribution in [2.24, 2.45) is 0 Å². The van der Waals surface area contributed by atoms with Crippen LogP contribution < -0.4 is 10.2 Å². The largest absolute Gasteiger partial charge is 0.378 e.